The third-order valence-corrected chi connectivity index (χ3v) is 6.47. The maximum Gasteiger partial charge on any atom is 0.273 e. The number of nitrogens with zero attached hydrogens (tertiary/aromatic N) is 3. The van der Waals surface area contributed by atoms with Crippen molar-refractivity contribution in [2.75, 3.05) is 33.2 Å². The van der Waals surface area contributed by atoms with Crippen molar-refractivity contribution in [2.45, 2.75) is 45.1 Å². The summed E-state index contributed by atoms with van der Waals surface area (Å²) in [6, 6.07) is 0. The van der Waals surface area contributed by atoms with Crippen LogP contribution in [0.25, 0.3) is 6.08 Å². The summed E-state index contributed by atoms with van der Waals surface area (Å²) in [4.78, 5) is 21.0. The first-order valence-electron chi connectivity index (χ1n) is 10.4. The monoisotopic (exact) mass is 367 g/mol. The second kappa shape index (κ2) is 6.91. The Bertz CT molecular complexity index is 809. The number of nitrogens with one attached hydrogen (secondary N) is 2. The number of aryl methyl sites for hydroxylation is 1. The van der Waals surface area contributed by atoms with Crippen LogP contribution in [0.1, 0.15) is 48.2 Å². The fourth-order valence-electron chi connectivity index (χ4n) is 4.61. The number of hydrogen-bond acceptors (Lipinski definition) is 4. The van der Waals surface area contributed by atoms with Crippen molar-refractivity contribution in [3.8, 4) is 0 Å². The zero-order chi connectivity index (χ0) is 18.4. The normalized spacial score (nSPS) is 25.6. The zero-order valence-electron chi connectivity index (χ0n) is 16.2. The van der Waals surface area contributed by atoms with E-state index >= 15 is 0 Å². The minimum absolute atomic E-state index is 0.0463. The van der Waals surface area contributed by atoms with Gasteiger partial charge in [0.25, 0.3) is 5.91 Å². The number of hydrogen-bond donors (Lipinski definition) is 2. The van der Waals surface area contributed by atoms with Gasteiger partial charge in [-0.2, -0.15) is 5.10 Å². The van der Waals surface area contributed by atoms with E-state index in [1.54, 1.807) is 0 Å². The molecule has 6 heteroatoms. The molecule has 0 aromatic carbocycles. The molecule has 0 unspecified atom stereocenters. The van der Waals surface area contributed by atoms with E-state index in [1.807, 2.05) is 0 Å². The van der Waals surface area contributed by atoms with Crippen LogP contribution >= 0.6 is 0 Å². The molecule has 2 aliphatic heterocycles. The number of rotatable bonds is 4. The van der Waals surface area contributed by atoms with Crippen molar-refractivity contribution >= 4 is 17.7 Å². The smallest absolute Gasteiger partial charge is 0.273 e. The van der Waals surface area contributed by atoms with E-state index < -0.39 is 0 Å². The van der Waals surface area contributed by atoms with Crippen LogP contribution in [0.15, 0.2) is 10.7 Å². The first-order valence-corrected chi connectivity index (χ1v) is 10.4. The molecule has 0 atom stereocenters. The molecule has 3 heterocycles. The summed E-state index contributed by atoms with van der Waals surface area (Å²) in [5, 5.41) is 4.31. The summed E-state index contributed by atoms with van der Waals surface area (Å²) >= 11 is 0. The van der Waals surface area contributed by atoms with Crippen LogP contribution in [0.3, 0.4) is 0 Å². The number of H-pyrrole nitrogens is 1. The third-order valence-electron chi connectivity index (χ3n) is 6.47. The van der Waals surface area contributed by atoms with Crippen molar-refractivity contribution in [2.24, 2.45) is 11.0 Å². The number of fused-ring (bicyclic) bond motifs is 1. The summed E-state index contributed by atoms with van der Waals surface area (Å²) in [7, 11) is 2.20. The molecule has 1 amide bonds. The fraction of sp³-hybridized carbons (Fsp3) is 0.619. The number of piperazine rings is 1. The molecule has 0 spiro atoms. The van der Waals surface area contributed by atoms with Gasteiger partial charge < -0.3 is 9.88 Å². The van der Waals surface area contributed by atoms with Crippen molar-refractivity contribution < 1.29 is 4.79 Å². The number of amides is 1. The summed E-state index contributed by atoms with van der Waals surface area (Å²) < 4.78 is 0. The summed E-state index contributed by atoms with van der Waals surface area (Å²) in [5.41, 5.74) is 9.88. The second-order valence-corrected chi connectivity index (χ2v) is 8.53. The molecule has 144 valence electrons. The average molecular weight is 367 g/mol. The standard InChI is InChI=1S/C21H29N5O/c1-25-8-10-26(11-9-25)13-17-15-4-2-3-5-18(15)22-19(17)12-16-20(14-6-7-14)23-24-21(16)27/h12,14,22H,2-11,13H2,1H3,(H,24,27). The van der Waals surface area contributed by atoms with Gasteiger partial charge in [-0.25, -0.2) is 5.43 Å². The Morgan fingerprint density at radius 1 is 1.15 bits per heavy atom. The fourth-order valence-corrected chi connectivity index (χ4v) is 4.61. The lowest BCUT2D eigenvalue weighted by Crippen LogP contribution is -2.44. The van der Waals surface area contributed by atoms with E-state index in [4.69, 9.17) is 0 Å². The molecule has 2 N–H and O–H groups in total. The highest BCUT2D eigenvalue weighted by Crippen LogP contribution is 2.36. The van der Waals surface area contributed by atoms with Crippen LogP contribution in [0.5, 0.6) is 0 Å². The molecular weight excluding hydrogens is 338 g/mol. The van der Waals surface area contributed by atoms with Gasteiger partial charge in [0.05, 0.1) is 11.3 Å². The van der Waals surface area contributed by atoms with Gasteiger partial charge in [-0.05, 0) is 62.8 Å². The van der Waals surface area contributed by atoms with Gasteiger partial charge in [-0.3, -0.25) is 9.69 Å². The van der Waals surface area contributed by atoms with Gasteiger partial charge in [0, 0.05) is 50.0 Å². The van der Waals surface area contributed by atoms with Gasteiger partial charge in [0.15, 0.2) is 0 Å². The quantitative estimate of drug-likeness (QED) is 0.799. The van der Waals surface area contributed by atoms with Crippen molar-refractivity contribution in [3.05, 3.63) is 28.1 Å². The Kier molecular flexibility index (Phi) is 4.40. The molecule has 6 nitrogen and oxygen atoms in total. The Morgan fingerprint density at radius 2 is 1.93 bits per heavy atom. The number of hydrazone groups is 1. The van der Waals surface area contributed by atoms with E-state index in [0.29, 0.717) is 5.92 Å². The Morgan fingerprint density at radius 3 is 2.70 bits per heavy atom. The number of carbonyl (C=O) groups excluding carboxylic acids is 1. The van der Waals surface area contributed by atoms with Crippen molar-refractivity contribution in [1.82, 2.24) is 20.2 Å². The highest BCUT2D eigenvalue weighted by atomic mass is 16.2. The van der Waals surface area contributed by atoms with E-state index in [1.165, 1.54) is 29.7 Å². The molecule has 5 rings (SSSR count). The van der Waals surface area contributed by atoms with Crippen LogP contribution in [-0.2, 0) is 24.2 Å². The van der Waals surface area contributed by atoms with Gasteiger partial charge >= 0.3 is 0 Å². The molecule has 2 aliphatic carbocycles. The second-order valence-electron chi connectivity index (χ2n) is 8.53. The summed E-state index contributed by atoms with van der Waals surface area (Å²) in [6.45, 7) is 5.47. The first-order chi connectivity index (χ1) is 13.2. The molecule has 0 radical (unpaired) electrons. The van der Waals surface area contributed by atoms with Crippen LogP contribution in [-0.4, -0.2) is 59.6 Å². The maximum absolute atomic E-state index is 12.4. The van der Waals surface area contributed by atoms with Crippen molar-refractivity contribution in [3.63, 3.8) is 0 Å². The molecule has 27 heavy (non-hydrogen) atoms. The first kappa shape index (κ1) is 17.2. The van der Waals surface area contributed by atoms with Crippen LogP contribution in [0, 0.1) is 5.92 Å². The average Bonchev–Trinajstić information content (AvgIpc) is 3.38. The van der Waals surface area contributed by atoms with Gasteiger partial charge in [-0.15, -0.1) is 0 Å². The predicted octanol–water partition coefficient (Wildman–Crippen LogP) is 1.92. The molecule has 1 aromatic rings. The molecule has 4 aliphatic rings. The largest absolute Gasteiger partial charge is 0.358 e. The minimum Gasteiger partial charge on any atom is -0.358 e. The van der Waals surface area contributed by atoms with E-state index in [-0.39, 0.29) is 5.91 Å². The lowest BCUT2D eigenvalue weighted by molar-refractivity contribution is -0.116. The van der Waals surface area contributed by atoms with E-state index in [0.717, 1.165) is 75.4 Å². The number of aromatic nitrogens is 1. The molecule has 0 bridgehead atoms. The van der Waals surface area contributed by atoms with Crippen LogP contribution in [0.4, 0.5) is 0 Å². The molecule has 1 aromatic heterocycles. The van der Waals surface area contributed by atoms with Crippen LogP contribution in [0.2, 0.25) is 0 Å². The van der Waals surface area contributed by atoms with Crippen LogP contribution < -0.4 is 5.43 Å². The Hall–Kier alpha value is -1.92. The Balaban J connectivity index is 1.48. The van der Waals surface area contributed by atoms with E-state index in [2.05, 4.69) is 38.4 Å². The molecular formula is C21H29N5O. The Labute approximate surface area is 160 Å². The van der Waals surface area contributed by atoms with Gasteiger partial charge in [0.1, 0.15) is 0 Å². The summed E-state index contributed by atoms with van der Waals surface area (Å²) in [6.07, 6.45) is 9.21. The lowest BCUT2D eigenvalue weighted by Gasteiger charge is -2.32. The molecule has 1 saturated heterocycles. The topological polar surface area (TPSA) is 63.7 Å². The molecule has 2 fully saturated rings. The SMILES string of the molecule is CN1CCN(Cc2c(C=C3C(=O)NN=C3C3CC3)[nH]c3c2CCCC3)CC1. The number of aromatic amines is 1. The highest BCUT2D eigenvalue weighted by Gasteiger charge is 2.36. The summed E-state index contributed by atoms with van der Waals surface area (Å²) in [5.74, 6) is 0.427. The van der Waals surface area contributed by atoms with Gasteiger partial charge in [0.2, 0.25) is 0 Å². The zero-order valence-corrected chi connectivity index (χ0v) is 16.2. The number of likely N-dealkylation sites (N-methyl/N-ethyl adjacent to an activating group) is 1. The lowest BCUT2D eigenvalue weighted by atomic mass is 9.93. The third kappa shape index (κ3) is 3.36. The minimum atomic E-state index is -0.0463. The van der Waals surface area contributed by atoms with E-state index in [9.17, 15) is 4.79 Å². The predicted molar refractivity (Wildman–Crippen MR) is 106 cm³/mol. The highest BCUT2D eigenvalue weighted by molar-refractivity contribution is 6.28. The van der Waals surface area contributed by atoms with Gasteiger partial charge in [-0.1, -0.05) is 0 Å². The molecule has 1 saturated carbocycles. The van der Waals surface area contributed by atoms with Crippen molar-refractivity contribution in [1.29, 1.82) is 0 Å². The maximum atomic E-state index is 12.4. The number of carbonyl (C=O) groups is 1.